The van der Waals surface area contributed by atoms with Gasteiger partial charge in [-0.25, -0.2) is 9.50 Å². The first-order valence-electron chi connectivity index (χ1n) is 11.6. The van der Waals surface area contributed by atoms with Gasteiger partial charge in [0.15, 0.2) is 11.5 Å². The fraction of sp³-hybridized carbons (Fsp3) is 0.308. The number of pyridine rings is 1. The molecule has 4 aromatic rings. The van der Waals surface area contributed by atoms with Crippen LogP contribution in [-0.4, -0.2) is 25.1 Å². The molecule has 2 aliphatic carbocycles. The standard InChI is InChI=1S/C26H24N6O2/c1-15(29-25(33)22-23(27)30-31-13-3-12-28-24(22)31)20-14-18-5-2-4-17(9-8-16-6-7-16)21(18)26(34)32(20)19-10-11-19/h2-5,12-16,19H,6-7,10-11H2,1H3,(H2,27,30)(H,29,33)/t15-/m1/s1. The highest BCUT2D eigenvalue weighted by Crippen LogP contribution is 2.37. The second-order valence-electron chi connectivity index (χ2n) is 9.13. The summed E-state index contributed by atoms with van der Waals surface area (Å²) < 4.78 is 3.32. The van der Waals surface area contributed by atoms with Crippen LogP contribution in [0.5, 0.6) is 0 Å². The second-order valence-corrected chi connectivity index (χ2v) is 9.13. The van der Waals surface area contributed by atoms with E-state index in [9.17, 15) is 9.59 Å². The molecule has 170 valence electrons. The normalized spacial score (nSPS) is 16.3. The molecule has 6 rings (SSSR count). The number of hydrogen-bond donors (Lipinski definition) is 2. The van der Waals surface area contributed by atoms with Crippen molar-refractivity contribution >= 4 is 28.1 Å². The summed E-state index contributed by atoms with van der Waals surface area (Å²) in [7, 11) is 0. The molecule has 3 heterocycles. The van der Waals surface area contributed by atoms with Crippen molar-refractivity contribution in [2.75, 3.05) is 5.73 Å². The predicted molar refractivity (Wildman–Crippen MR) is 129 cm³/mol. The molecule has 2 saturated carbocycles. The van der Waals surface area contributed by atoms with Crippen LogP contribution < -0.4 is 16.6 Å². The lowest BCUT2D eigenvalue weighted by atomic mass is 10.0. The molecule has 0 unspecified atom stereocenters. The van der Waals surface area contributed by atoms with E-state index in [0.29, 0.717) is 17.0 Å². The van der Waals surface area contributed by atoms with E-state index in [1.165, 1.54) is 4.52 Å². The molecule has 3 N–H and O–H groups in total. The Morgan fingerprint density at radius 2 is 2.06 bits per heavy atom. The van der Waals surface area contributed by atoms with Crippen LogP contribution in [0.3, 0.4) is 0 Å². The molecule has 0 radical (unpaired) electrons. The van der Waals surface area contributed by atoms with E-state index in [-0.39, 0.29) is 28.9 Å². The lowest BCUT2D eigenvalue weighted by Crippen LogP contribution is -2.33. The Balaban J connectivity index is 1.41. The van der Waals surface area contributed by atoms with Gasteiger partial charge in [0.1, 0.15) is 5.56 Å². The van der Waals surface area contributed by atoms with E-state index in [2.05, 4.69) is 27.2 Å². The summed E-state index contributed by atoms with van der Waals surface area (Å²) >= 11 is 0. The zero-order valence-corrected chi connectivity index (χ0v) is 18.8. The van der Waals surface area contributed by atoms with E-state index >= 15 is 0 Å². The Bertz CT molecular complexity index is 1580. The summed E-state index contributed by atoms with van der Waals surface area (Å²) in [5, 5.41) is 8.67. The minimum absolute atomic E-state index is 0.0473. The molecule has 1 atom stereocenters. The number of carbonyl (C=O) groups is 1. The van der Waals surface area contributed by atoms with E-state index < -0.39 is 6.04 Å². The van der Waals surface area contributed by atoms with Crippen molar-refractivity contribution in [3.63, 3.8) is 0 Å². The molecule has 0 saturated heterocycles. The summed E-state index contributed by atoms with van der Waals surface area (Å²) in [4.78, 5) is 31.1. The molecule has 8 heteroatoms. The van der Waals surface area contributed by atoms with Crippen LogP contribution in [0, 0.1) is 17.8 Å². The third kappa shape index (κ3) is 3.50. The van der Waals surface area contributed by atoms with E-state index in [1.54, 1.807) is 18.5 Å². The van der Waals surface area contributed by atoms with Crippen molar-refractivity contribution in [1.82, 2.24) is 24.5 Å². The summed E-state index contributed by atoms with van der Waals surface area (Å²) in [6.07, 6.45) is 7.45. The number of nitrogens with zero attached hydrogens (tertiary/aromatic N) is 4. The number of fused-ring (bicyclic) bond motifs is 2. The Labute approximate surface area is 195 Å². The number of aromatic nitrogens is 4. The number of rotatable bonds is 4. The van der Waals surface area contributed by atoms with E-state index in [1.807, 2.05) is 35.8 Å². The number of hydrogen-bond acceptors (Lipinski definition) is 5. The maximum absolute atomic E-state index is 13.7. The van der Waals surface area contributed by atoms with Crippen molar-refractivity contribution in [3.05, 3.63) is 69.9 Å². The van der Waals surface area contributed by atoms with Crippen molar-refractivity contribution < 1.29 is 4.79 Å². The Hall–Kier alpha value is -4.12. The lowest BCUT2D eigenvalue weighted by molar-refractivity contribution is 0.0940. The van der Waals surface area contributed by atoms with Gasteiger partial charge in [-0.05, 0) is 56.2 Å². The zero-order chi connectivity index (χ0) is 23.4. The molecule has 2 fully saturated rings. The van der Waals surface area contributed by atoms with Crippen LogP contribution in [0.25, 0.3) is 16.4 Å². The maximum Gasteiger partial charge on any atom is 0.260 e. The Kier molecular flexibility index (Phi) is 4.66. The highest BCUT2D eigenvalue weighted by molar-refractivity contribution is 6.04. The third-order valence-electron chi connectivity index (χ3n) is 6.45. The number of nitrogens with one attached hydrogen (secondary N) is 1. The predicted octanol–water partition coefficient (Wildman–Crippen LogP) is 3.21. The van der Waals surface area contributed by atoms with Gasteiger partial charge >= 0.3 is 0 Å². The van der Waals surface area contributed by atoms with Crippen molar-refractivity contribution in [1.29, 1.82) is 0 Å². The molecule has 34 heavy (non-hydrogen) atoms. The molecular formula is C26H24N6O2. The number of anilines is 1. The SMILES string of the molecule is C[C@@H](NC(=O)c1c(N)nn2cccnc12)c1cc2cccc(C#CC3CC3)c2c(=O)n1C1CC1. The lowest BCUT2D eigenvalue weighted by Gasteiger charge is -2.21. The van der Waals surface area contributed by atoms with Gasteiger partial charge in [-0.15, -0.1) is 5.10 Å². The second kappa shape index (κ2) is 7.73. The van der Waals surface area contributed by atoms with Gasteiger partial charge in [0.25, 0.3) is 11.5 Å². The van der Waals surface area contributed by atoms with Gasteiger partial charge in [-0.2, -0.15) is 0 Å². The first-order chi connectivity index (χ1) is 16.5. The van der Waals surface area contributed by atoms with Crippen molar-refractivity contribution in [2.24, 2.45) is 5.92 Å². The smallest absolute Gasteiger partial charge is 0.260 e. The molecule has 1 amide bonds. The summed E-state index contributed by atoms with van der Waals surface area (Å²) in [6, 6.07) is 9.21. The number of nitrogen functional groups attached to an aromatic ring is 1. The van der Waals surface area contributed by atoms with Crippen molar-refractivity contribution in [2.45, 2.75) is 44.7 Å². The summed E-state index contributed by atoms with van der Waals surface area (Å²) in [5.74, 6) is 6.70. The minimum Gasteiger partial charge on any atom is -0.381 e. The van der Waals surface area contributed by atoms with Crippen LogP contribution >= 0.6 is 0 Å². The fourth-order valence-corrected chi connectivity index (χ4v) is 4.41. The van der Waals surface area contributed by atoms with Gasteiger partial charge in [-0.1, -0.05) is 24.0 Å². The first-order valence-corrected chi connectivity index (χ1v) is 11.6. The maximum atomic E-state index is 13.7. The van der Waals surface area contributed by atoms with Crippen LogP contribution in [-0.2, 0) is 0 Å². The Morgan fingerprint density at radius 3 is 2.82 bits per heavy atom. The van der Waals surface area contributed by atoms with Gasteiger partial charge in [-0.3, -0.25) is 9.59 Å². The Morgan fingerprint density at radius 1 is 1.24 bits per heavy atom. The largest absolute Gasteiger partial charge is 0.381 e. The van der Waals surface area contributed by atoms with Gasteiger partial charge in [0.2, 0.25) is 0 Å². The van der Waals surface area contributed by atoms with Crippen LogP contribution in [0.15, 0.2) is 47.5 Å². The quantitative estimate of drug-likeness (QED) is 0.463. The van der Waals surface area contributed by atoms with Crippen molar-refractivity contribution in [3.8, 4) is 11.8 Å². The molecule has 0 aliphatic heterocycles. The highest BCUT2D eigenvalue weighted by Gasteiger charge is 2.30. The number of nitrogens with two attached hydrogens (primary N) is 1. The van der Waals surface area contributed by atoms with E-state index in [4.69, 9.17) is 5.73 Å². The summed E-state index contributed by atoms with van der Waals surface area (Å²) in [5.41, 5.74) is 8.14. The summed E-state index contributed by atoms with van der Waals surface area (Å²) in [6.45, 7) is 1.88. The minimum atomic E-state index is -0.426. The first kappa shape index (κ1) is 20.5. The number of amides is 1. The average Bonchev–Trinajstić information content (AvgIpc) is 3.74. The molecule has 0 spiro atoms. The molecular weight excluding hydrogens is 428 g/mol. The molecule has 0 bridgehead atoms. The highest BCUT2D eigenvalue weighted by atomic mass is 16.2. The molecule has 1 aromatic carbocycles. The monoisotopic (exact) mass is 452 g/mol. The number of carbonyl (C=O) groups excluding carboxylic acids is 1. The number of benzene rings is 1. The molecule has 8 nitrogen and oxygen atoms in total. The third-order valence-corrected chi connectivity index (χ3v) is 6.45. The fourth-order valence-electron chi connectivity index (χ4n) is 4.41. The molecule has 3 aromatic heterocycles. The van der Waals surface area contributed by atoms with Crippen LogP contribution in [0.1, 0.15) is 66.3 Å². The topological polar surface area (TPSA) is 107 Å². The van der Waals surface area contributed by atoms with Gasteiger partial charge in [0.05, 0.1) is 11.4 Å². The van der Waals surface area contributed by atoms with Gasteiger partial charge in [0, 0.05) is 35.6 Å². The average molecular weight is 453 g/mol. The van der Waals surface area contributed by atoms with Crippen LogP contribution in [0.2, 0.25) is 0 Å². The van der Waals surface area contributed by atoms with E-state index in [0.717, 1.165) is 42.3 Å². The molecule has 2 aliphatic rings. The zero-order valence-electron chi connectivity index (χ0n) is 18.8. The van der Waals surface area contributed by atoms with Gasteiger partial charge < -0.3 is 15.6 Å². The van der Waals surface area contributed by atoms with Crippen LogP contribution in [0.4, 0.5) is 5.82 Å².